The summed E-state index contributed by atoms with van der Waals surface area (Å²) in [5, 5.41) is 5.83. The van der Waals surface area contributed by atoms with Crippen LogP contribution in [0.15, 0.2) is 47.6 Å². The summed E-state index contributed by atoms with van der Waals surface area (Å²) in [6.07, 6.45) is 6.03. The molecule has 0 fully saturated rings. The minimum absolute atomic E-state index is 0.153. The van der Waals surface area contributed by atoms with Gasteiger partial charge in [-0.2, -0.15) is 10.1 Å². The van der Waals surface area contributed by atoms with Crippen molar-refractivity contribution in [3.63, 3.8) is 0 Å². The van der Waals surface area contributed by atoms with Crippen molar-refractivity contribution in [1.82, 2.24) is 15.0 Å². The molecule has 2 aromatic carbocycles. The molecule has 2 heterocycles. The van der Waals surface area contributed by atoms with E-state index in [0.29, 0.717) is 35.7 Å². The molecule has 0 radical (unpaired) electrons. The number of nitrogens with two attached hydrogens (primary N) is 2. The average molecular weight is 487 g/mol. The van der Waals surface area contributed by atoms with E-state index in [1.807, 2.05) is 50.2 Å². The summed E-state index contributed by atoms with van der Waals surface area (Å²) >= 11 is 0. The number of benzene rings is 2. The highest BCUT2D eigenvalue weighted by Gasteiger charge is 2.24. The first kappa shape index (κ1) is 24.7. The predicted molar refractivity (Wildman–Crippen MR) is 141 cm³/mol. The fourth-order valence-electron chi connectivity index (χ4n) is 4.39. The van der Waals surface area contributed by atoms with Crippen LogP contribution >= 0.6 is 0 Å². The highest BCUT2D eigenvalue weighted by molar-refractivity contribution is 5.95. The molecule has 9 heteroatoms. The van der Waals surface area contributed by atoms with Crippen LogP contribution in [-0.2, 0) is 17.6 Å². The Labute approximate surface area is 210 Å². The zero-order valence-corrected chi connectivity index (χ0v) is 20.9. The summed E-state index contributed by atoms with van der Waals surface area (Å²) in [4.78, 5) is 21.5. The van der Waals surface area contributed by atoms with Crippen molar-refractivity contribution in [3.05, 3.63) is 76.0 Å². The molecule has 3 aromatic rings. The summed E-state index contributed by atoms with van der Waals surface area (Å²) in [7, 11) is 3.13. The van der Waals surface area contributed by atoms with Crippen LogP contribution in [0.25, 0.3) is 6.08 Å². The summed E-state index contributed by atoms with van der Waals surface area (Å²) in [5.74, 6) is 1.30. The van der Waals surface area contributed by atoms with Crippen LogP contribution in [-0.4, -0.2) is 41.3 Å². The van der Waals surface area contributed by atoms with Gasteiger partial charge in [0.1, 0.15) is 5.82 Å². The molecule has 0 bridgehead atoms. The summed E-state index contributed by atoms with van der Waals surface area (Å²) in [6.45, 7) is 3.94. The second-order valence-corrected chi connectivity index (χ2v) is 8.41. The lowest BCUT2D eigenvalue weighted by Gasteiger charge is -2.28. The molecule has 1 aliphatic rings. The number of hydrogen-bond acceptors (Lipinski definition) is 8. The van der Waals surface area contributed by atoms with Crippen molar-refractivity contribution in [3.8, 4) is 11.5 Å². The van der Waals surface area contributed by atoms with Crippen molar-refractivity contribution in [2.45, 2.75) is 32.7 Å². The number of fused-ring (bicyclic) bond motifs is 1. The van der Waals surface area contributed by atoms with E-state index in [1.54, 1.807) is 26.5 Å². The van der Waals surface area contributed by atoms with Crippen LogP contribution in [0.4, 0.5) is 11.8 Å². The number of methoxy groups -OCH3 is 2. The van der Waals surface area contributed by atoms with Gasteiger partial charge in [-0.3, -0.25) is 4.79 Å². The minimum atomic E-state index is -0.246. The Morgan fingerprint density at radius 2 is 1.92 bits per heavy atom. The normalized spacial score (nSPS) is 14.7. The van der Waals surface area contributed by atoms with E-state index >= 15 is 0 Å². The van der Waals surface area contributed by atoms with Crippen molar-refractivity contribution in [2.75, 3.05) is 25.7 Å². The van der Waals surface area contributed by atoms with Gasteiger partial charge in [0.15, 0.2) is 11.5 Å². The third-order valence-electron chi connectivity index (χ3n) is 6.19. The maximum atomic E-state index is 13.1. The fourth-order valence-corrected chi connectivity index (χ4v) is 4.39. The van der Waals surface area contributed by atoms with E-state index in [0.717, 1.165) is 27.9 Å². The minimum Gasteiger partial charge on any atom is -0.493 e. The van der Waals surface area contributed by atoms with Crippen LogP contribution in [0, 0.1) is 0 Å². The lowest BCUT2D eigenvalue weighted by Crippen LogP contribution is -2.30. The van der Waals surface area contributed by atoms with Crippen molar-refractivity contribution in [2.24, 2.45) is 5.10 Å². The first-order valence-electron chi connectivity index (χ1n) is 11.7. The molecule has 9 nitrogen and oxygen atoms in total. The van der Waals surface area contributed by atoms with Gasteiger partial charge < -0.3 is 20.9 Å². The SMILES string of the molecule is CCc1nc(N)nc(N)c1Cc1cc(/C=C/C(=O)N2N=Cc3ccccc3C2C)c(OC)c(OC)c1. The number of carbonyl (C=O) groups excluding carboxylic acids is 1. The van der Waals surface area contributed by atoms with Gasteiger partial charge in [0.2, 0.25) is 5.95 Å². The quantitative estimate of drug-likeness (QED) is 0.487. The monoisotopic (exact) mass is 486 g/mol. The number of hydrazone groups is 1. The molecule has 1 amide bonds. The van der Waals surface area contributed by atoms with E-state index in [1.165, 1.54) is 11.1 Å². The molecule has 4 rings (SSSR count). The van der Waals surface area contributed by atoms with E-state index in [9.17, 15) is 4.79 Å². The molecule has 0 saturated carbocycles. The van der Waals surface area contributed by atoms with Crippen molar-refractivity contribution < 1.29 is 14.3 Å². The molecular weight excluding hydrogens is 456 g/mol. The van der Waals surface area contributed by atoms with Gasteiger partial charge in [0.25, 0.3) is 5.91 Å². The number of carbonyl (C=O) groups is 1. The lowest BCUT2D eigenvalue weighted by molar-refractivity contribution is -0.128. The number of hydrogen-bond donors (Lipinski definition) is 2. The molecule has 1 unspecified atom stereocenters. The number of aromatic nitrogens is 2. The Bertz CT molecular complexity index is 1350. The molecule has 0 spiro atoms. The van der Waals surface area contributed by atoms with Gasteiger partial charge in [-0.15, -0.1) is 0 Å². The zero-order chi connectivity index (χ0) is 25.8. The van der Waals surface area contributed by atoms with E-state index in [-0.39, 0.29) is 17.9 Å². The molecule has 1 aliphatic heterocycles. The van der Waals surface area contributed by atoms with Gasteiger partial charge in [-0.25, -0.2) is 9.99 Å². The standard InChI is InChI=1S/C27H30N6O3/c1-5-22-21(26(28)32-27(29)31-22)13-17-12-18(25(36-4)23(14-17)35-3)10-11-24(34)33-16(2)20-9-7-6-8-19(20)15-30-33/h6-12,14-16H,5,13H2,1-4H3,(H4,28,29,31,32)/b11-10+. The average Bonchev–Trinajstić information content (AvgIpc) is 2.88. The maximum Gasteiger partial charge on any atom is 0.267 e. The smallest absolute Gasteiger partial charge is 0.267 e. The second-order valence-electron chi connectivity index (χ2n) is 8.41. The van der Waals surface area contributed by atoms with Crippen LogP contribution in [0.2, 0.25) is 0 Å². The van der Waals surface area contributed by atoms with Gasteiger partial charge in [-0.05, 0) is 48.2 Å². The summed E-state index contributed by atoms with van der Waals surface area (Å²) < 4.78 is 11.2. The van der Waals surface area contributed by atoms with E-state index < -0.39 is 0 Å². The Morgan fingerprint density at radius 3 is 2.64 bits per heavy atom. The first-order valence-corrected chi connectivity index (χ1v) is 11.7. The van der Waals surface area contributed by atoms with E-state index in [4.69, 9.17) is 20.9 Å². The summed E-state index contributed by atoms with van der Waals surface area (Å²) in [6, 6.07) is 11.5. The van der Waals surface area contributed by atoms with Crippen LogP contribution < -0.4 is 20.9 Å². The Balaban J connectivity index is 1.66. The predicted octanol–water partition coefficient (Wildman–Crippen LogP) is 3.76. The largest absolute Gasteiger partial charge is 0.493 e. The van der Waals surface area contributed by atoms with Crippen molar-refractivity contribution >= 4 is 30.0 Å². The van der Waals surface area contributed by atoms with Gasteiger partial charge in [0.05, 0.1) is 32.2 Å². The number of nitrogens with zero attached hydrogens (tertiary/aromatic N) is 4. The molecule has 4 N–H and O–H groups in total. The Kier molecular flexibility index (Phi) is 7.19. The number of nitrogen functional groups attached to an aromatic ring is 2. The zero-order valence-electron chi connectivity index (χ0n) is 20.9. The molecular formula is C27H30N6O3. The lowest BCUT2D eigenvalue weighted by atomic mass is 9.99. The third kappa shape index (κ3) is 4.86. The Morgan fingerprint density at radius 1 is 1.14 bits per heavy atom. The highest BCUT2D eigenvalue weighted by atomic mass is 16.5. The highest BCUT2D eigenvalue weighted by Crippen LogP contribution is 2.35. The molecule has 0 aliphatic carbocycles. The van der Waals surface area contributed by atoms with Gasteiger partial charge in [0, 0.05) is 23.6 Å². The van der Waals surface area contributed by atoms with Crippen LogP contribution in [0.3, 0.4) is 0 Å². The number of amides is 1. The maximum absolute atomic E-state index is 13.1. The number of aryl methyl sites for hydroxylation is 1. The fraction of sp³-hybridized carbons (Fsp3) is 0.259. The number of anilines is 2. The number of rotatable bonds is 7. The molecule has 36 heavy (non-hydrogen) atoms. The van der Waals surface area contributed by atoms with E-state index in [2.05, 4.69) is 15.1 Å². The van der Waals surface area contributed by atoms with Crippen LogP contribution in [0.5, 0.6) is 11.5 Å². The van der Waals surface area contributed by atoms with Crippen LogP contribution in [0.1, 0.15) is 53.4 Å². The van der Waals surface area contributed by atoms with Gasteiger partial charge >= 0.3 is 0 Å². The second kappa shape index (κ2) is 10.5. The topological polar surface area (TPSA) is 129 Å². The molecule has 1 atom stereocenters. The Hall–Kier alpha value is -4.40. The summed E-state index contributed by atoms with van der Waals surface area (Å²) in [5.41, 5.74) is 17.2. The number of ether oxygens (including phenoxy) is 2. The van der Waals surface area contributed by atoms with Crippen molar-refractivity contribution in [1.29, 1.82) is 0 Å². The molecule has 186 valence electrons. The third-order valence-corrected chi connectivity index (χ3v) is 6.19. The molecule has 1 aromatic heterocycles. The van der Waals surface area contributed by atoms with Gasteiger partial charge in [-0.1, -0.05) is 31.2 Å². The first-order chi connectivity index (χ1) is 17.4. The molecule has 0 saturated heterocycles.